The number of carbonyl (C=O) groups excluding carboxylic acids is 1. The van der Waals surface area contributed by atoms with E-state index in [2.05, 4.69) is 0 Å². The Morgan fingerprint density at radius 2 is 1.90 bits per heavy atom. The number of anilines is 1. The molecule has 0 saturated heterocycles. The Bertz CT molecular complexity index is 438. The third-order valence-electron chi connectivity index (χ3n) is 2.32. The highest BCUT2D eigenvalue weighted by Crippen LogP contribution is 2.21. The molecule has 0 atom stereocenters. The van der Waals surface area contributed by atoms with Crippen LogP contribution in [0.5, 0.6) is 5.75 Å². The van der Waals surface area contributed by atoms with Crippen LogP contribution in [0.1, 0.15) is 6.42 Å². The second-order valence-electron chi connectivity index (χ2n) is 4.01. The Morgan fingerprint density at radius 1 is 1.30 bits per heavy atom. The van der Waals surface area contributed by atoms with E-state index in [0.717, 1.165) is 0 Å². The quantitative estimate of drug-likeness (QED) is 0.597. The number of rotatable bonds is 7. The zero-order valence-electron chi connectivity index (χ0n) is 10.4. The number of amides is 1. The summed E-state index contributed by atoms with van der Waals surface area (Å²) in [5.74, 6) is -4.56. The Hall–Kier alpha value is -1.99. The normalized spacial score (nSPS) is 11.4. The van der Waals surface area contributed by atoms with E-state index < -0.39 is 24.8 Å². The molecule has 112 valence electrons. The maximum absolute atomic E-state index is 12.5. The summed E-state index contributed by atoms with van der Waals surface area (Å²) in [6, 6.07) is 6.35. The molecule has 3 N–H and O–H groups in total. The highest BCUT2D eigenvalue weighted by atomic mass is 19.3. The van der Waals surface area contributed by atoms with E-state index in [1.165, 1.54) is 0 Å². The molecule has 0 fully saturated rings. The van der Waals surface area contributed by atoms with E-state index in [0.29, 0.717) is 11.4 Å². The predicted octanol–water partition coefficient (Wildman–Crippen LogP) is 2.05. The summed E-state index contributed by atoms with van der Waals surface area (Å²) in [7, 11) is 0. The Morgan fingerprint density at radius 3 is 2.45 bits per heavy atom. The molecule has 8 heteroatoms. The standard InChI is InChI=1S/C12H14F4N2O2/c13-11(14)12(15,16)7-18-10(19)5-6-20-9-3-1-8(17)2-4-9/h1-4,11H,5-7,17H2,(H,18,19). The minimum Gasteiger partial charge on any atom is -0.493 e. The smallest absolute Gasteiger partial charge is 0.324 e. The number of halogens is 4. The SMILES string of the molecule is Nc1ccc(OCCC(=O)NCC(F)(F)C(F)F)cc1. The number of nitrogen functional groups attached to an aromatic ring is 1. The maximum Gasteiger partial charge on any atom is 0.324 e. The molecule has 1 aromatic carbocycles. The third-order valence-corrected chi connectivity index (χ3v) is 2.32. The van der Waals surface area contributed by atoms with Crippen molar-refractivity contribution in [1.29, 1.82) is 0 Å². The second-order valence-corrected chi connectivity index (χ2v) is 4.01. The van der Waals surface area contributed by atoms with Crippen molar-refractivity contribution in [2.24, 2.45) is 0 Å². The van der Waals surface area contributed by atoms with E-state index in [1.807, 2.05) is 0 Å². The van der Waals surface area contributed by atoms with Crippen LogP contribution < -0.4 is 15.8 Å². The van der Waals surface area contributed by atoms with Gasteiger partial charge in [0, 0.05) is 5.69 Å². The van der Waals surface area contributed by atoms with E-state index in [1.54, 1.807) is 29.6 Å². The average molecular weight is 294 g/mol. The molecule has 0 heterocycles. The van der Waals surface area contributed by atoms with Gasteiger partial charge in [-0.2, -0.15) is 8.78 Å². The van der Waals surface area contributed by atoms with Crippen molar-refractivity contribution in [2.75, 3.05) is 18.9 Å². The molecule has 1 amide bonds. The van der Waals surface area contributed by atoms with Crippen LogP contribution in [-0.4, -0.2) is 31.4 Å². The van der Waals surface area contributed by atoms with Crippen molar-refractivity contribution >= 4 is 11.6 Å². The summed E-state index contributed by atoms with van der Waals surface area (Å²) < 4.78 is 53.9. The summed E-state index contributed by atoms with van der Waals surface area (Å²) in [5.41, 5.74) is 6.00. The zero-order chi connectivity index (χ0) is 15.2. The minimum absolute atomic E-state index is 0.0595. The molecule has 0 aliphatic rings. The molecule has 0 aliphatic carbocycles. The lowest BCUT2D eigenvalue weighted by atomic mass is 10.3. The third kappa shape index (κ3) is 5.33. The Kier molecular flexibility index (Phi) is 5.60. The van der Waals surface area contributed by atoms with E-state index in [9.17, 15) is 22.4 Å². The van der Waals surface area contributed by atoms with Crippen LogP contribution in [0.25, 0.3) is 0 Å². The fraction of sp³-hybridized carbons (Fsp3) is 0.417. The fourth-order valence-corrected chi connectivity index (χ4v) is 1.21. The topological polar surface area (TPSA) is 64.3 Å². The van der Waals surface area contributed by atoms with Gasteiger partial charge in [-0.3, -0.25) is 4.79 Å². The highest BCUT2D eigenvalue weighted by molar-refractivity contribution is 5.76. The summed E-state index contributed by atoms with van der Waals surface area (Å²) in [5, 5.41) is 1.73. The van der Waals surface area contributed by atoms with Gasteiger partial charge in [-0.15, -0.1) is 0 Å². The van der Waals surface area contributed by atoms with Crippen molar-refractivity contribution in [3.05, 3.63) is 24.3 Å². The van der Waals surface area contributed by atoms with Crippen LogP contribution in [-0.2, 0) is 4.79 Å². The van der Waals surface area contributed by atoms with Crippen molar-refractivity contribution in [3.63, 3.8) is 0 Å². The Balaban J connectivity index is 2.25. The second kappa shape index (κ2) is 6.97. The van der Waals surface area contributed by atoms with Crippen molar-refractivity contribution < 1.29 is 27.1 Å². The van der Waals surface area contributed by atoms with Gasteiger partial charge in [-0.25, -0.2) is 8.78 Å². The monoisotopic (exact) mass is 294 g/mol. The van der Waals surface area contributed by atoms with Gasteiger partial charge in [0.2, 0.25) is 5.91 Å². The van der Waals surface area contributed by atoms with Crippen LogP contribution in [0.15, 0.2) is 24.3 Å². The molecule has 1 rings (SSSR count). The Labute approximate surface area is 112 Å². The lowest BCUT2D eigenvalue weighted by Gasteiger charge is -2.15. The molecule has 1 aromatic rings. The van der Waals surface area contributed by atoms with E-state index in [4.69, 9.17) is 10.5 Å². The van der Waals surface area contributed by atoms with Crippen molar-refractivity contribution in [2.45, 2.75) is 18.8 Å². The summed E-state index contributed by atoms with van der Waals surface area (Å²) in [4.78, 5) is 11.2. The van der Waals surface area contributed by atoms with Crippen LogP contribution in [0, 0.1) is 0 Å². The van der Waals surface area contributed by atoms with E-state index >= 15 is 0 Å². The molecule has 20 heavy (non-hydrogen) atoms. The summed E-state index contributed by atoms with van der Waals surface area (Å²) >= 11 is 0. The first kappa shape index (κ1) is 16.1. The number of hydrogen-bond acceptors (Lipinski definition) is 3. The number of nitrogens with one attached hydrogen (secondary N) is 1. The molecule has 0 spiro atoms. The molecule has 0 radical (unpaired) electrons. The van der Waals surface area contributed by atoms with Gasteiger partial charge in [-0.1, -0.05) is 0 Å². The number of carbonyl (C=O) groups is 1. The first-order chi connectivity index (χ1) is 9.31. The van der Waals surface area contributed by atoms with Gasteiger partial charge in [0.05, 0.1) is 19.6 Å². The lowest BCUT2D eigenvalue weighted by Crippen LogP contribution is -2.41. The van der Waals surface area contributed by atoms with Gasteiger partial charge >= 0.3 is 12.3 Å². The molecule has 4 nitrogen and oxygen atoms in total. The molecule has 0 unspecified atom stereocenters. The fourth-order valence-electron chi connectivity index (χ4n) is 1.21. The average Bonchev–Trinajstić information content (AvgIpc) is 2.39. The van der Waals surface area contributed by atoms with Crippen LogP contribution in [0.2, 0.25) is 0 Å². The van der Waals surface area contributed by atoms with Crippen molar-refractivity contribution in [1.82, 2.24) is 5.32 Å². The molecule has 0 aliphatic heterocycles. The number of hydrogen-bond donors (Lipinski definition) is 2. The largest absolute Gasteiger partial charge is 0.493 e. The van der Waals surface area contributed by atoms with Gasteiger partial charge in [-0.05, 0) is 24.3 Å². The number of ether oxygens (including phenoxy) is 1. The number of alkyl halides is 4. The number of benzene rings is 1. The predicted molar refractivity (Wildman–Crippen MR) is 64.9 cm³/mol. The zero-order valence-corrected chi connectivity index (χ0v) is 10.4. The lowest BCUT2D eigenvalue weighted by molar-refractivity contribution is -0.136. The van der Waals surface area contributed by atoms with Crippen LogP contribution in [0.4, 0.5) is 23.2 Å². The maximum atomic E-state index is 12.5. The number of nitrogens with two attached hydrogens (primary N) is 1. The molecule has 0 aromatic heterocycles. The molecular weight excluding hydrogens is 280 g/mol. The van der Waals surface area contributed by atoms with E-state index in [-0.39, 0.29) is 13.0 Å². The summed E-state index contributed by atoms with van der Waals surface area (Å²) in [6.07, 6.45) is -4.03. The van der Waals surface area contributed by atoms with Gasteiger partial charge in [0.15, 0.2) is 0 Å². The first-order valence-electron chi connectivity index (χ1n) is 5.72. The van der Waals surface area contributed by atoms with Crippen LogP contribution >= 0.6 is 0 Å². The highest BCUT2D eigenvalue weighted by Gasteiger charge is 2.40. The summed E-state index contributed by atoms with van der Waals surface area (Å²) in [6.45, 7) is -1.46. The van der Waals surface area contributed by atoms with Crippen molar-refractivity contribution in [3.8, 4) is 5.75 Å². The molecular formula is C12H14F4N2O2. The van der Waals surface area contributed by atoms with Gasteiger partial charge < -0.3 is 15.8 Å². The molecule has 0 bridgehead atoms. The minimum atomic E-state index is -4.23. The van der Waals surface area contributed by atoms with Gasteiger partial charge in [0.25, 0.3) is 0 Å². The van der Waals surface area contributed by atoms with Crippen LogP contribution in [0.3, 0.4) is 0 Å². The first-order valence-corrected chi connectivity index (χ1v) is 5.72. The van der Waals surface area contributed by atoms with Gasteiger partial charge in [0.1, 0.15) is 5.75 Å². The molecule has 0 saturated carbocycles.